The van der Waals surface area contributed by atoms with Gasteiger partial charge < -0.3 is 10.2 Å². The van der Waals surface area contributed by atoms with E-state index >= 15 is 0 Å². The lowest BCUT2D eigenvalue weighted by atomic mass is 9.92. The van der Waals surface area contributed by atoms with Gasteiger partial charge in [-0.1, -0.05) is 18.5 Å². The summed E-state index contributed by atoms with van der Waals surface area (Å²) < 4.78 is 0. The van der Waals surface area contributed by atoms with Gasteiger partial charge in [-0.3, -0.25) is 4.79 Å². The van der Waals surface area contributed by atoms with Gasteiger partial charge in [-0.2, -0.15) is 0 Å². The summed E-state index contributed by atoms with van der Waals surface area (Å²) in [6, 6.07) is 5.76. The van der Waals surface area contributed by atoms with Crippen molar-refractivity contribution in [2.75, 3.05) is 18.4 Å². The minimum absolute atomic E-state index is 0.0860. The number of likely N-dealkylation sites (tertiary alicyclic amines) is 1. The Labute approximate surface area is 126 Å². The van der Waals surface area contributed by atoms with E-state index in [0.29, 0.717) is 22.5 Å². The zero-order chi connectivity index (χ0) is 14.7. The highest BCUT2D eigenvalue weighted by Gasteiger charge is 2.28. The van der Waals surface area contributed by atoms with Crippen LogP contribution in [0.25, 0.3) is 0 Å². The number of amides is 1. The third-order valence-corrected chi connectivity index (χ3v) is 4.21. The first kappa shape index (κ1) is 15.2. The number of benzene rings is 1. The van der Waals surface area contributed by atoms with Gasteiger partial charge in [0, 0.05) is 29.8 Å². The predicted octanol–water partition coefficient (Wildman–Crippen LogP) is 4.03. The molecule has 1 heterocycles. The molecule has 1 aliphatic rings. The Balaban J connectivity index is 2.26. The van der Waals surface area contributed by atoms with Gasteiger partial charge in [0.2, 0.25) is 0 Å². The third-order valence-electron chi connectivity index (χ3n) is 3.98. The Kier molecular flexibility index (Phi) is 4.92. The first-order valence-electron chi connectivity index (χ1n) is 7.37. The number of halogens is 1. The fourth-order valence-electron chi connectivity index (χ4n) is 2.90. The molecule has 20 heavy (non-hydrogen) atoms. The van der Waals surface area contributed by atoms with Crippen LogP contribution >= 0.6 is 11.6 Å². The van der Waals surface area contributed by atoms with E-state index in [1.54, 1.807) is 6.07 Å². The normalized spacial score (nSPS) is 22.7. The summed E-state index contributed by atoms with van der Waals surface area (Å²) in [6.07, 6.45) is 2.15. The standard InChI is InChI=1S/C16H23ClN2O/c1-4-18-15-6-5-13(17)10-14(15)16(20)19-8-7-11(2)9-12(19)3/h5-6,10-12,18H,4,7-9H2,1-3H3. The Morgan fingerprint density at radius 1 is 1.45 bits per heavy atom. The molecule has 0 aliphatic carbocycles. The minimum Gasteiger partial charge on any atom is -0.385 e. The van der Waals surface area contributed by atoms with Gasteiger partial charge in [0.15, 0.2) is 0 Å². The van der Waals surface area contributed by atoms with Crippen LogP contribution in [-0.4, -0.2) is 29.9 Å². The van der Waals surface area contributed by atoms with Crippen molar-refractivity contribution in [3.63, 3.8) is 0 Å². The predicted molar refractivity (Wildman–Crippen MR) is 84.5 cm³/mol. The number of hydrogen-bond donors (Lipinski definition) is 1. The lowest BCUT2D eigenvalue weighted by molar-refractivity contribution is 0.0589. The Hall–Kier alpha value is -1.22. The van der Waals surface area contributed by atoms with Crippen LogP contribution in [0.2, 0.25) is 5.02 Å². The second-order valence-electron chi connectivity index (χ2n) is 5.70. The van der Waals surface area contributed by atoms with E-state index < -0.39 is 0 Å². The number of nitrogens with one attached hydrogen (secondary N) is 1. The quantitative estimate of drug-likeness (QED) is 0.913. The Morgan fingerprint density at radius 2 is 2.20 bits per heavy atom. The molecule has 0 aromatic heterocycles. The number of carbonyl (C=O) groups is 1. The van der Waals surface area contributed by atoms with Crippen LogP contribution in [0.4, 0.5) is 5.69 Å². The molecule has 1 saturated heterocycles. The highest BCUT2D eigenvalue weighted by molar-refractivity contribution is 6.31. The summed E-state index contributed by atoms with van der Waals surface area (Å²) in [4.78, 5) is 14.8. The molecule has 1 fully saturated rings. The van der Waals surface area contributed by atoms with Gasteiger partial charge in [0.25, 0.3) is 5.91 Å². The molecular formula is C16H23ClN2O. The first-order chi connectivity index (χ1) is 9.52. The summed E-state index contributed by atoms with van der Waals surface area (Å²) in [7, 11) is 0. The van der Waals surface area contributed by atoms with E-state index in [2.05, 4.69) is 19.2 Å². The van der Waals surface area contributed by atoms with Crippen LogP contribution in [0.1, 0.15) is 44.0 Å². The lowest BCUT2D eigenvalue weighted by Crippen LogP contribution is -2.44. The van der Waals surface area contributed by atoms with Crippen LogP contribution in [0.3, 0.4) is 0 Å². The van der Waals surface area contributed by atoms with Crippen molar-refractivity contribution in [1.82, 2.24) is 4.90 Å². The highest BCUT2D eigenvalue weighted by Crippen LogP contribution is 2.27. The number of hydrogen-bond acceptors (Lipinski definition) is 2. The molecule has 2 atom stereocenters. The van der Waals surface area contributed by atoms with Gasteiger partial charge in [0.05, 0.1) is 5.56 Å². The van der Waals surface area contributed by atoms with Crippen molar-refractivity contribution >= 4 is 23.2 Å². The van der Waals surface area contributed by atoms with Crippen molar-refractivity contribution in [2.24, 2.45) is 5.92 Å². The first-order valence-corrected chi connectivity index (χ1v) is 7.75. The molecule has 4 heteroatoms. The molecule has 1 aromatic carbocycles. The van der Waals surface area contributed by atoms with Crippen LogP contribution in [0.15, 0.2) is 18.2 Å². The van der Waals surface area contributed by atoms with E-state index in [1.165, 1.54) is 0 Å². The van der Waals surface area contributed by atoms with Gasteiger partial charge >= 0.3 is 0 Å². The number of piperidine rings is 1. The number of anilines is 1. The lowest BCUT2D eigenvalue weighted by Gasteiger charge is -2.37. The Bertz CT molecular complexity index is 489. The molecule has 3 nitrogen and oxygen atoms in total. The summed E-state index contributed by atoms with van der Waals surface area (Å²) in [5, 5.41) is 3.85. The van der Waals surface area contributed by atoms with Gasteiger partial charge in [-0.15, -0.1) is 0 Å². The largest absolute Gasteiger partial charge is 0.385 e. The van der Waals surface area contributed by atoms with Crippen molar-refractivity contribution in [3.8, 4) is 0 Å². The summed E-state index contributed by atoms with van der Waals surface area (Å²) in [5.41, 5.74) is 1.55. The summed E-state index contributed by atoms with van der Waals surface area (Å²) in [5.74, 6) is 0.782. The van der Waals surface area contributed by atoms with E-state index in [-0.39, 0.29) is 5.91 Å². The second kappa shape index (κ2) is 6.49. The maximum Gasteiger partial charge on any atom is 0.256 e. The molecule has 0 bridgehead atoms. The molecular weight excluding hydrogens is 272 g/mol. The third kappa shape index (κ3) is 3.26. The number of nitrogens with zero attached hydrogens (tertiary/aromatic N) is 1. The fraction of sp³-hybridized carbons (Fsp3) is 0.562. The van der Waals surface area contributed by atoms with Crippen LogP contribution in [0.5, 0.6) is 0 Å². The minimum atomic E-state index is 0.0860. The average molecular weight is 295 g/mol. The Morgan fingerprint density at radius 3 is 2.85 bits per heavy atom. The SMILES string of the molecule is CCNc1ccc(Cl)cc1C(=O)N1CCC(C)CC1C. The van der Waals surface area contributed by atoms with Crippen molar-refractivity contribution in [1.29, 1.82) is 0 Å². The summed E-state index contributed by atoms with van der Waals surface area (Å²) in [6.45, 7) is 8.02. The smallest absolute Gasteiger partial charge is 0.256 e. The van der Waals surface area contributed by atoms with Gasteiger partial charge in [-0.25, -0.2) is 0 Å². The molecule has 1 aromatic rings. The monoisotopic (exact) mass is 294 g/mol. The fourth-order valence-corrected chi connectivity index (χ4v) is 3.07. The average Bonchev–Trinajstić information content (AvgIpc) is 2.40. The van der Waals surface area contributed by atoms with Crippen molar-refractivity contribution < 1.29 is 4.79 Å². The molecule has 0 saturated carbocycles. The maximum atomic E-state index is 12.8. The number of rotatable bonds is 3. The second-order valence-corrected chi connectivity index (χ2v) is 6.13. The van der Waals surface area contributed by atoms with Crippen LogP contribution in [0, 0.1) is 5.92 Å². The van der Waals surface area contributed by atoms with E-state index in [0.717, 1.165) is 31.6 Å². The van der Waals surface area contributed by atoms with Gasteiger partial charge in [0.1, 0.15) is 0 Å². The van der Waals surface area contributed by atoms with E-state index in [1.807, 2.05) is 24.0 Å². The van der Waals surface area contributed by atoms with Gasteiger partial charge in [-0.05, 0) is 50.8 Å². The van der Waals surface area contributed by atoms with E-state index in [9.17, 15) is 4.79 Å². The van der Waals surface area contributed by atoms with Crippen LogP contribution < -0.4 is 5.32 Å². The molecule has 110 valence electrons. The molecule has 0 spiro atoms. The molecule has 1 N–H and O–H groups in total. The zero-order valence-electron chi connectivity index (χ0n) is 12.4. The van der Waals surface area contributed by atoms with Crippen LogP contribution in [-0.2, 0) is 0 Å². The topological polar surface area (TPSA) is 32.3 Å². The number of carbonyl (C=O) groups excluding carboxylic acids is 1. The maximum absolute atomic E-state index is 12.8. The summed E-state index contributed by atoms with van der Waals surface area (Å²) >= 11 is 6.06. The highest BCUT2D eigenvalue weighted by atomic mass is 35.5. The molecule has 0 radical (unpaired) electrons. The molecule has 1 aliphatic heterocycles. The zero-order valence-corrected chi connectivity index (χ0v) is 13.2. The van der Waals surface area contributed by atoms with Crippen molar-refractivity contribution in [3.05, 3.63) is 28.8 Å². The molecule has 2 unspecified atom stereocenters. The molecule has 2 rings (SSSR count). The van der Waals surface area contributed by atoms with Crippen molar-refractivity contribution in [2.45, 2.75) is 39.7 Å². The molecule has 1 amide bonds. The van der Waals surface area contributed by atoms with E-state index in [4.69, 9.17) is 11.6 Å².